The van der Waals surface area contributed by atoms with Crippen molar-refractivity contribution in [2.45, 2.75) is 140 Å². The lowest BCUT2D eigenvalue weighted by molar-refractivity contribution is 0.0597. The lowest BCUT2D eigenvalue weighted by Crippen LogP contribution is -2.31. The van der Waals surface area contributed by atoms with Crippen LogP contribution >= 0.6 is 0 Å². The van der Waals surface area contributed by atoms with E-state index in [1.165, 1.54) is 68.3 Å². The van der Waals surface area contributed by atoms with E-state index in [-0.39, 0.29) is 16.9 Å². The van der Waals surface area contributed by atoms with Gasteiger partial charge in [0.25, 0.3) is 0 Å². The van der Waals surface area contributed by atoms with Crippen LogP contribution in [0, 0.1) is 62.3 Å². The second-order valence-corrected chi connectivity index (χ2v) is 25.6. The Bertz CT molecular complexity index is 4030. The number of carbonyl (C=O) groups is 1. The third-order valence-corrected chi connectivity index (χ3v) is 16.9. The zero-order valence-electron chi connectivity index (χ0n) is 49.6. The summed E-state index contributed by atoms with van der Waals surface area (Å²) >= 11 is 0. The summed E-state index contributed by atoms with van der Waals surface area (Å²) < 4.78 is 13.0. The second kappa shape index (κ2) is 18.9. The van der Waals surface area contributed by atoms with Gasteiger partial charge in [0.15, 0.2) is 0 Å². The van der Waals surface area contributed by atoms with Gasteiger partial charge in [-0.05, 0) is 189 Å². The summed E-state index contributed by atoms with van der Waals surface area (Å²) in [7, 11) is 1.45. The smallest absolute Gasteiger partial charge is 0.341 e. The van der Waals surface area contributed by atoms with Gasteiger partial charge in [0.1, 0.15) is 17.1 Å². The number of nitrogens with one attached hydrogen (secondary N) is 3. The minimum absolute atomic E-state index is 0.249. The highest BCUT2D eigenvalue weighted by molar-refractivity contribution is 6.32. The van der Waals surface area contributed by atoms with Gasteiger partial charge >= 0.3 is 5.97 Å². The van der Waals surface area contributed by atoms with Crippen molar-refractivity contribution in [3.8, 4) is 11.5 Å². The van der Waals surface area contributed by atoms with Crippen LogP contribution in [-0.2, 0) is 21.0 Å². The molecule has 5 aromatic carbocycles. The van der Waals surface area contributed by atoms with Crippen LogP contribution in [0.15, 0.2) is 126 Å². The quantitative estimate of drug-likeness (QED) is 0.150. The van der Waals surface area contributed by atoms with Crippen molar-refractivity contribution in [3.05, 3.63) is 243 Å². The van der Waals surface area contributed by atoms with Crippen molar-refractivity contribution in [1.29, 1.82) is 0 Å². The number of aryl methyl sites for hydroxylation is 9. The topological polar surface area (TPSA) is 91.5 Å². The summed E-state index contributed by atoms with van der Waals surface area (Å²) in [5.41, 5.74) is 27.5. The van der Waals surface area contributed by atoms with E-state index in [4.69, 9.17) is 14.5 Å². The maximum absolute atomic E-state index is 14.1. The van der Waals surface area contributed by atoms with Gasteiger partial charge in [-0.15, -0.1) is 0 Å². The first-order valence-corrected chi connectivity index (χ1v) is 28.0. The highest BCUT2D eigenvalue weighted by atomic mass is 16.5. The third kappa shape index (κ3) is 9.00. The Morgan fingerprint density at radius 3 is 1.63 bits per heavy atom. The Kier molecular flexibility index (Phi) is 12.7. The largest absolute Gasteiger partial charge is 0.465 e. The Labute approximate surface area is 467 Å². The molecule has 11 rings (SSSR count). The molecule has 1 atom stereocenters. The van der Waals surface area contributed by atoms with Crippen LogP contribution in [0.5, 0.6) is 11.5 Å². The number of methoxy groups -OCH3 is 1. The number of nitrogens with zero attached hydrogens (tertiary/aromatic N) is 1. The normalized spacial score (nSPS) is 19.7. The Morgan fingerprint density at radius 1 is 0.570 bits per heavy atom. The van der Waals surface area contributed by atoms with E-state index in [2.05, 4.69) is 236 Å². The van der Waals surface area contributed by atoms with Gasteiger partial charge in [-0.25, -0.2) is 9.79 Å². The predicted octanol–water partition coefficient (Wildman–Crippen LogP) is 15.1. The molecule has 3 N–H and O–H groups in total. The summed E-state index contributed by atoms with van der Waals surface area (Å²) in [4.78, 5) is 28.0. The van der Waals surface area contributed by atoms with Gasteiger partial charge in [-0.2, -0.15) is 0 Å². The molecule has 7 nitrogen and oxygen atoms in total. The lowest BCUT2D eigenvalue weighted by atomic mass is 9.70. The summed E-state index contributed by atoms with van der Waals surface area (Å²) in [6.45, 7) is 37.8. The van der Waals surface area contributed by atoms with Crippen LogP contribution < -0.4 is 20.8 Å². The second-order valence-electron chi connectivity index (χ2n) is 25.6. The molecule has 79 heavy (non-hydrogen) atoms. The van der Waals surface area contributed by atoms with Crippen LogP contribution in [0.4, 0.5) is 0 Å². The number of fused-ring (bicyclic) bond motifs is 9. The molecule has 1 unspecified atom stereocenters. The third-order valence-electron chi connectivity index (χ3n) is 16.9. The van der Waals surface area contributed by atoms with E-state index in [1.54, 1.807) is 0 Å². The highest BCUT2D eigenvalue weighted by Crippen LogP contribution is 2.55. The maximum Gasteiger partial charge on any atom is 0.341 e. The number of rotatable bonds is 5. The molecule has 6 heterocycles. The molecule has 0 saturated carbocycles. The fraction of sp³-hybridized carbons (Fsp3) is 0.306. The molecule has 0 saturated heterocycles. The molecule has 8 bridgehead atoms. The van der Waals surface area contributed by atoms with Crippen molar-refractivity contribution in [2.75, 3.05) is 7.11 Å². The van der Waals surface area contributed by atoms with E-state index in [1.807, 2.05) is 6.07 Å². The number of aliphatic imine (C=N–C) groups is 1. The van der Waals surface area contributed by atoms with Crippen LogP contribution in [-0.4, -0.2) is 34.8 Å². The van der Waals surface area contributed by atoms with Gasteiger partial charge < -0.3 is 24.8 Å². The summed E-state index contributed by atoms with van der Waals surface area (Å²) in [6.07, 6.45) is 8.92. The summed E-state index contributed by atoms with van der Waals surface area (Å²) in [6, 6.07) is 31.3. The van der Waals surface area contributed by atoms with Gasteiger partial charge in [-0.1, -0.05) is 127 Å². The fourth-order valence-electron chi connectivity index (χ4n) is 13.2. The van der Waals surface area contributed by atoms with Gasteiger partial charge in [0, 0.05) is 72.2 Å². The van der Waals surface area contributed by atoms with Crippen LogP contribution in [0.25, 0.3) is 22.3 Å². The van der Waals surface area contributed by atoms with Gasteiger partial charge in [0.2, 0.25) is 0 Å². The predicted molar refractivity (Wildman–Crippen MR) is 326 cm³/mol. The first-order chi connectivity index (χ1) is 37.2. The Hall–Kier alpha value is -7.90. The number of hydrogen-bond donors (Lipinski definition) is 3. The number of benzene rings is 5. The fourth-order valence-corrected chi connectivity index (χ4v) is 13.2. The molecular weight excluding hydrogens is 969 g/mol. The molecule has 7 aromatic rings. The van der Waals surface area contributed by atoms with Crippen molar-refractivity contribution < 1.29 is 14.3 Å². The zero-order valence-corrected chi connectivity index (χ0v) is 49.6. The Balaban J connectivity index is 1.28. The van der Waals surface area contributed by atoms with Crippen molar-refractivity contribution >= 4 is 34.0 Å². The van der Waals surface area contributed by atoms with Crippen LogP contribution in [0.1, 0.15) is 172 Å². The van der Waals surface area contributed by atoms with Crippen LogP contribution in [0.2, 0.25) is 0 Å². The molecule has 2 aromatic heterocycles. The van der Waals surface area contributed by atoms with Crippen LogP contribution in [0.3, 0.4) is 0 Å². The molecule has 0 amide bonds. The Morgan fingerprint density at radius 2 is 1.08 bits per heavy atom. The number of aromatic amines is 2. The molecule has 402 valence electrons. The first-order valence-electron chi connectivity index (χ1n) is 28.0. The number of hydrogen-bond acceptors (Lipinski definition) is 5. The molecule has 4 aliphatic rings. The molecule has 0 fully saturated rings. The molecule has 0 spiro atoms. The molecule has 4 aliphatic heterocycles. The minimum atomic E-state index is -0.607. The average molecular weight is 1050 g/mol. The maximum atomic E-state index is 14.1. The number of H-pyrrole nitrogens is 2. The van der Waals surface area contributed by atoms with E-state index in [9.17, 15) is 4.79 Å². The monoisotopic (exact) mass is 1040 g/mol. The van der Waals surface area contributed by atoms with E-state index in [0.29, 0.717) is 17.1 Å². The summed E-state index contributed by atoms with van der Waals surface area (Å²) in [5, 5.41) is 6.21. The molecule has 7 heteroatoms. The number of carbonyl (C=O) groups excluding carboxylic acids is 1. The van der Waals surface area contributed by atoms with Gasteiger partial charge in [-0.3, -0.25) is 0 Å². The van der Waals surface area contributed by atoms with E-state index >= 15 is 0 Å². The number of aromatic nitrogens is 2. The summed E-state index contributed by atoms with van der Waals surface area (Å²) in [5.74, 6) is 0.773. The first kappa shape index (κ1) is 53.1. The lowest BCUT2D eigenvalue weighted by Gasteiger charge is -2.39. The van der Waals surface area contributed by atoms with E-state index in [0.717, 1.165) is 94.9 Å². The van der Waals surface area contributed by atoms with Crippen molar-refractivity contribution in [3.63, 3.8) is 0 Å². The highest BCUT2D eigenvalue weighted by Gasteiger charge is 2.42. The number of allylic oxidation sites excluding steroid dienone is 4. The molecular formula is C72H76N4O3. The van der Waals surface area contributed by atoms with Gasteiger partial charge in [0.05, 0.1) is 24.6 Å². The van der Waals surface area contributed by atoms with E-state index < -0.39 is 11.4 Å². The van der Waals surface area contributed by atoms with Crippen molar-refractivity contribution in [1.82, 2.24) is 15.3 Å². The van der Waals surface area contributed by atoms with Crippen molar-refractivity contribution in [2.24, 2.45) is 4.99 Å². The molecule has 0 radical (unpaired) electrons. The number of ether oxygens (including phenoxy) is 2. The SMILES string of the molecule is COC(=O)c1cc(C(C)(C)C)cc2c1Oc1c(/C3=C4\C=CC(N4)/C(c4c(C)cc(C)cc4C)=c4/cc/c([nH]4)=C(\c4c(C)cc(C)cc4C)c4ccc([nH]4)/C(c4c(C)cc(C)cc4C)=C4/C=CC3=N4)cc(C(C)(C)C)cc1C2(C)C. The molecule has 0 aliphatic carbocycles. The average Bonchev–Trinajstić information content (AvgIpc) is 4.05. The number of esters is 1. The zero-order chi connectivity index (χ0) is 56.5. The minimum Gasteiger partial charge on any atom is -0.465 e. The standard InChI is InChI=1S/C72H76N4O3/c1-37-27-40(4)60(41(5)28-37)64-54-21-19-52(73-54)63(48-33-46(70(10,11)12)35-50-67(48)79-68-49(69(77)78-18)34-47(71(13,14)15)36-51(68)72(50,16)17)53-20-22-55(74-53)65(61-42(6)29-38(2)30-43(61)7)57-24-26-59(76-57)66(58-25-23-56(64)75-58)62-44(8)31-39(3)32-45(62)9/h19-36,54,73,75-76H,1-18H3/b63-52-,64-56+,65-55+,66-58+.